The van der Waals surface area contributed by atoms with E-state index in [2.05, 4.69) is 0 Å². The minimum atomic E-state index is -1.19. The summed E-state index contributed by atoms with van der Waals surface area (Å²) in [4.78, 5) is 19.5. The van der Waals surface area contributed by atoms with Crippen LogP contribution in [0.25, 0.3) is 0 Å². The summed E-state index contributed by atoms with van der Waals surface area (Å²) in [6.07, 6.45) is 5.08. The Morgan fingerprint density at radius 2 is 2.00 bits per heavy atom. The van der Waals surface area contributed by atoms with E-state index in [4.69, 9.17) is 0 Å². The van der Waals surface area contributed by atoms with Crippen LogP contribution in [-0.4, -0.2) is 12.3 Å². The number of hydrogen-bond donors (Lipinski definition) is 0. The molecule has 0 aromatic rings. The summed E-state index contributed by atoms with van der Waals surface area (Å²) in [5.74, 6) is -1.19. The Hall–Kier alpha value is -1.12. The van der Waals surface area contributed by atoms with Gasteiger partial charge in [0.1, 0.15) is 6.29 Å². The molecule has 0 amide bonds. The lowest BCUT2D eigenvalue weighted by Crippen LogP contribution is -1.83. The van der Waals surface area contributed by atoms with Crippen LogP contribution in [0.4, 0.5) is 0 Å². The summed E-state index contributed by atoms with van der Waals surface area (Å²) >= 11 is 0. The van der Waals surface area contributed by atoms with E-state index in [-0.39, 0.29) is 0 Å². The van der Waals surface area contributed by atoms with Crippen molar-refractivity contribution in [1.29, 1.82) is 0 Å². The Morgan fingerprint density at radius 3 is 2.50 bits per heavy atom. The lowest BCUT2D eigenvalue weighted by Gasteiger charge is -1.83. The number of carbonyl (C=O) groups excluding carboxylic acids is 2. The van der Waals surface area contributed by atoms with Gasteiger partial charge in [0.15, 0.2) is 0 Å². The fourth-order valence-corrected chi connectivity index (χ4v) is 0.499. The van der Waals surface area contributed by atoms with Crippen LogP contribution in [0.15, 0.2) is 12.2 Å². The highest BCUT2D eigenvalue weighted by Crippen LogP contribution is 1.93. The molecule has 3 heteroatoms. The van der Waals surface area contributed by atoms with Gasteiger partial charge in [-0.05, 0) is 12.8 Å². The van der Waals surface area contributed by atoms with E-state index in [0.29, 0.717) is 19.3 Å². The monoisotopic (exact) mass is 141 g/mol. The largest absolute Gasteiger partial charge is 0.378 e. The normalized spacial score (nSPS) is 10.0. The predicted octanol–water partition coefficient (Wildman–Crippen LogP) is 0.869. The Morgan fingerprint density at radius 1 is 1.30 bits per heavy atom. The molecular formula is C7H9O3. The fraction of sp³-hybridized carbons (Fsp3) is 0.429. The zero-order chi connectivity index (χ0) is 7.82. The van der Waals surface area contributed by atoms with E-state index in [1.54, 1.807) is 0 Å². The minimum absolute atomic E-state index is 0.484. The molecule has 0 aromatic heterocycles. The summed E-state index contributed by atoms with van der Waals surface area (Å²) in [6.45, 7) is 0. The SMILES string of the molecule is [O]C(=O)C=CCCCC=O. The molecule has 55 valence electrons. The third-order valence-electron chi connectivity index (χ3n) is 0.947. The van der Waals surface area contributed by atoms with Gasteiger partial charge in [0.2, 0.25) is 0 Å². The number of rotatable bonds is 5. The fourth-order valence-electron chi connectivity index (χ4n) is 0.499. The standard InChI is InChI=1S/C7H9O3/c8-6-4-2-1-3-5-7(9)10/h3,5-6H,1-2,4H2. The van der Waals surface area contributed by atoms with Gasteiger partial charge >= 0.3 is 5.97 Å². The molecule has 0 bridgehead atoms. The molecule has 1 radical (unpaired) electrons. The van der Waals surface area contributed by atoms with Crippen molar-refractivity contribution in [1.82, 2.24) is 0 Å². The van der Waals surface area contributed by atoms with Crippen molar-refractivity contribution in [2.75, 3.05) is 0 Å². The maximum Gasteiger partial charge on any atom is 0.378 e. The third kappa shape index (κ3) is 6.88. The molecule has 0 aliphatic rings. The minimum Gasteiger partial charge on any atom is -0.303 e. The van der Waals surface area contributed by atoms with Crippen molar-refractivity contribution in [2.24, 2.45) is 0 Å². The number of unbranched alkanes of at least 4 members (excludes halogenated alkanes) is 2. The van der Waals surface area contributed by atoms with Gasteiger partial charge in [-0.25, -0.2) is 9.90 Å². The van der Waals surface area contributed by atoms with E-state index in [1.807, 2.05) is 0 Å². The van der Waals surface area contributed by atoms with E-state index in [9.17, 15) is 14.7 Å². The molecule has 0 aliphatic carbocycles. The summed E-state index contributed by atoms with van der Waals surface area (Å²) < 4.78 is 0. The second kappa shape index (κ2) is 6.01. The van der Waals surface area contributed by atoms with Crippen molar-refractivity contribution < 1.29 is 14.7 Å². The summed E-state index contributed by atoms with van der Waals surface area (Å²) in [5.41, 5.74) is 0. The van der Waals surface area contributed by atoms with Crippen LogP contribution >= 0.6 is 0 Å². The quantitative estimate of drug-likeness (QED) is 0.324. The van der Waals surface area contributed by atoms with E-state index >= 15 is 0 Å². The zero-order valence-corrected chi connectivity index (χ0v) is 5.58. The average Bonchev–Trinajstić information content (AvgIpc) is 1.87. The van der Waals surface area contributed by atoms with Crippen molar-refractivity contribution in [3.8, 4) is 0 Å². The number of carbonyl (C=O) groups is 2. The molecule has 0 aromatic carbocycles. The molecule has 0 N–H and O–H groups in total. The van der Waals surface area contributed by atoms with Crippen LogP contribution in [0, 0.1) is 0 Å². The van der Waals surface area contributed by atoms with Gasteiger partial charge in [-0.3, -0.25) is 0 Å². The second-order valence-electron chi connectivity index (χ2n) is 1.82. The summed E-state index contributed by atoms with van der Waals surface area (Å²) in [7, 11) is 0. The Kier molecular flexibility index (Phi) is 5.33. The molecule has 0 saturated heterocycles. The van der Waals surface area contributed by atoms with Crippen molar-refractivity contribution in [2.45, 2.75) is 19.3 Å². The van der Waals surface area contributed by atoms with Gasteiger partial charge in [-0.1, -0.05) is 6.08 Å². The topological polar surface area (TPSA) is 54.0 Å². The molecule has 0 unspecified atom stereocenters. The second-order valence-corrected chi connectivity index (χ2v) is 1.82. The lowest BCUT2D eigenvalue weighted by atomic mass is 10.2. The van der Waals surface area contributed by atoms with Gasteiger partial charge in [0.05, 0.1) is 0 Å². The molecular weight excluding hydrogens is 132 g/mol. The molecule has 0 atom stereocenters. The first-order valence-electron chi connectivity index (χ1n) is 3.08. The molecule has 0 fully saturated rings. The number of allylic oxidation sites excluding steroid dienone is 1. The van der Waals surface area contributed by atoms with Gasteiger partial charge < -0.3 is 4.79 Å². The van der Waals surface area contributed by atoms with Crippen molar-refractivity contribution in [3.05, 3.63) is 12.2 Å². The molecule has 0 heterocycles. The summed E-state index contributed by atoms with van der Waals surface area (Å²) in [6, 6.07) is 0. The first-order valence-corrected chi connectivity index (χ1v) is 3.08. The van der Waals surface area contributed by atoms with Crippen LogP contribution < -0.4 is 0 Å². The molecule has 0 saturated carbocycles. The predicted molar refractivity (Wildman–Crippen MR) is 34.7 cm³/mol. The van der Waals surface area contributed by atoms with Crippen LogP contribution in [-0.2, 0) is 14.7 Å². The van der Waals surface area contributed by atoms with Gasteiger partial charge in [-0.15, -0.1) is 0 Å². The first kappa shape index (κ1) is 8.88. The molecule has 0 aliphatic heterocycles. The maximum absolute atomic E-state index is 9.76. The highest BCUT2D eigenvalue weighted by Gasteiger charge is 1.87. The van der Waals surface area contributed by atoms with Gasteiger partial charge in [-0.2, -0.15) is 0 Å². The first-order chi connectivity index (χ1) is 4.77. The highest BCUT2D eigenvalue weighted by atomic mass is 16.4. The lowest BCUT2D eigenvalue weighted by molar-refractivity contribution is -0.137. The van der Waals surface area contributed by atoms with Crippen LogP contribution in [0.2, 0.25) is 0 Å². The molecule has 3 nitrogen and oxygen atoms in total. The smallest absolute Gasteiger partial charge is 0.303 e. The van der Waals surface area contributed by atoms with Gasteiger partial charge in [0.25, 0.3) is 0 Å². The highest BCUT2D eigenvalue weighted by molar-refractivity contribution is 5.79. The van der Waals surface area contributed by atoms with Crippen LogP contribution in [0.1, 0.15) is 19.3 Å². The third-order valence-corrected chi connectivity index (χ3v) is 0.947. The van der Waals surface area contributed by atoms with E-state index < -0.39 is 5.97 Å². The van der Waals surface area contributed by atoms with E-state index in [1.165, 1.54) is 6.08 Å². The number of hydrogen-bond acceptors (Lipinski definition) is 2. The Balaban J connectivity index is 3.18. The molecule has 0 spiro atoms. The Labute approximate surface area is 59.4 Å². The zero-order valence-electron chi connectivity index (χ0n) is 5.58. The van der Waals surface area contributed by atoms with Crippen LogP contribution in [0.5, 0.6) is 0 Å². The van der Waals surface area contributed by atoms with Crippen molar-refractivity contribution >= 4 is 12.3 Å². The number of aldehydes is 1. The van der Waals surface area contributed by atoms with Gasteiger partial charge in [0, 0.05) is 12.5 Å². The Bertz CT molecular complexity index is 138. The van der Waals surface area contributed by atoms with Crippen molar-refractivity contribution in [3.63, 3.8) is 0 Å². The summed E-state index contributed by atoms with van der Waals surface area (Å²) in [5, 5.41) is 9.76. The molecule has 0 rings (SSSR count). The molecule has 10 heavy (non-hydrogen) atoms. The van der Waals surface area contributed by atoms with E-state index in [0.717, 1.165) is 12.4 Å². The average molecular weight is 141 g/mol. The maximum atomic E-state index is 9.76. The van der Waals surface area contributed by atoms with Crippen LogP contribution in [0.3, 0.4) is 0 Å².